The molecule has 136 valence electrons. The van der Waals surface area contributed by atoms with Gasteiger partial charge in [0.1, 0.15) is 5.76 Å². The Morgan fingerprint density at radius 2 is 1.84 bits per heavy atom. The average molecular weight is 346 g/mol. The van der Waals surface area contributed by atoms with Crippen LogP contribution in [0.1, 0.15) is 47.8 Å². The van der Waals surface area contributed by atoms with Crippen LogP contribution in [-0.2, 0) is 4.79 Å². The summed E-state index contributed by atoms with van der Waals surface area (Å²) in [5.74, 6) is 1.28. The van der Waals surface area contributed by atoms with E-state index in [1.807, 2.05) is 4.90 Å². The van der Waals surface area contributed by atoms with E-state index >= 15 is 0 Å². The van der Waals surface area contributed by atoms with E-state index in [1.165, 1.54) is 0 Å². The number of piperazine rings is 1. The third kappa shape index (κ3) is 3.56. The lowest BCUT2D eigenvalue weighted by Crippen LogP contribution is -2.52. The van der Waals surface area contributed by atoms with E-state index in [4.69, 9.17) is 4.52 Å². The zero-order valence-corrected chi connectivity index (χ0v) is 14.8. The number of amides is 2. The van der Waals surface area contributed by atoms with Gasteiger partial charge in [-0.15, -0.1) is 0 Å². The maximum absolute atomic E-state index is 12.8. The standard InChI is InChI=1S/C18H26N4O3/c1-20-7-9-21(10-8-20)17(23)14-3-2-6-22(12-14)18(24)15-11-16(25-19-15)13-4-5-13/h11,13-14H,2-10,12H2,1H3/t14-/m0/s1. The maximum atomic E-state index is 12.8. The van der Waals surface area contributed by atoms with Crippen LogP contribution in [0, 0.1) is 5.92 Å². The van der Waals surface area contributed by atoms with Crippen LogP contribution in [0.2, 0.25) is 0 Å². The minimum Gasteiger partial charge on any atom is -0.360 e. The van der Waals surface area contributed by atoms with E-state index in [0.29, 0.717) is 24.7 Å². The number of carbonyl (C=O) groups excluding carboxylic acids is 2. The Morgan fingerprint density at radius 1 is 1.08 bits per heavy atom. The van der Waals surface area contributed by atoms with E-state index in [1.54, 1.807) is 11.0 Å². The van der Waals surface area contributed by atoms with Crippen molar-refractivity contribution in [1.29, 1.82) is 0 Å². The van der Waals surface area contributed by atoms with Crippen LogP contribution in [0.5, 0.6) is 0 Å². The zero-order chi connectivity index (χ0) is 17.4. The first-order valence-corrected chi connectivity index (χ1v) is 9.35. The van der Waals surface area contributed by atoms with Gasteiger partial charge < -0.3 is 19.2 Å². The van der Waals surface area contributed by atoms with Crippen LogP contribution in [0.4, 0.5) is 0 Å². The number of carbonyl (C=O) groups is 2. The Kier molecular flexibility index (Phi) is 4.50. The third-order valence-electron chi connectivity index (χ3n) is 5.60. The number of likely N-dealkylation sites (tertiary alicyclic amines) is 1. The molecule has 3 fully saturated rings. The van der Waals surface area contributed by atoms with Crippen LogP contribution in [0.25, 0.3) is 0 Å². The number of nitrogens with zero attached hydrogens (tertiary/aromatic N) is 4. The molecule has 0 spiro atoms. The van der Waals surface area contributed by atoms with Crippen LogP contribution in [0.15, 0.2) is 10.6 Å². The first kappa shape index (κ1) is 16.6. The molecule has 0 bridgehead atoms. The largest absolute Gasteiger partial charge is 0.360 e. The SMILES string of the molecule is CN1CCN(C(=O)[C@H]2CCCN(C(=O)c3cc(C4CC4)on3)C2)CC1. The van der Waals surface area contributed by atoms with Crippen molar-refractivity contribution < 1.29 is 14.1 Å². The topological polar surface area (TPSA) is 69.9 Å². The van der Waals surface area contributed by atoms with E-state index in [2.05, 4.69) is 17.1 Å². The number of likely N-dealkylation sites (N-methyl/N-ethyl adjacent to an activating group) is 1. The lowest BCUT2D eigenvalue weighted by molar-refractivity contribution is -0.138. The summed E-state index contributed by atoms with van der Waals surface area (Å²) in [4.78, 5) is 31.5. The first-order chi connectivity index (χ1) is 12.1. The molecule has 7 heteroatoms. The fourth-order valence-electron chi connectivity index (χ4n) is 3.76. The summed E-state index contributed by atoms with van der Waals surface area (Å²) in [5, 5.41) is 3.95. The summed E-state index contributed by atoms with van der Waals surface area (Å²) in [6, 6.07) is 1.78. The van der Waals surface area contributed by atoms with Gasteiger partial charge in [0.2, 0.25) is 5.91 Å². The lowest BCUT2D eigenvalue weighted by atomic mass is 9.96. The lowest BCUT2D eigenvalue weighted by Gasteiger charge is -2.37. The molecule has 0 N–H and O–H groups in total. The average Bonchev–Trinajstić information content (AvgIpc) is 3.38. The molecule has 25 heavy (non-hydrogen) atoms. The number of piperidine rings is 1. The second-order valence-corrected chi connectivity index (χ2v) is 7.61. The van der Waals surface area contributed by atoms with Gasteiger partial charge in [0, 0.05) is 51.3 Å². The highest BCUT2D eigenvalue weighted by molar-refractivity contribution is 5.93. The van der Waals surface area contributed by atoms with Crippen molar-refractivity contribution in [2.24, 2.45) is 5.92 Å². The zero-order valence-electron chi connectivity index (χ0n) is 14.8. The highest BCUT2D eigenvalue weighted by atomic mass is 16.5. The normalized spacial score (nSPS) is 25.2. The number of rotatable bonds is 3. The molecule has 2 saturated heterocycles. The van der Waals surface area contributed by atoms with E-state index in [9.17, 15) is 9.59 Å². The van der Waals surface area contributed by atoms with Gasteiger partial charge in [0.15, 0.2) is 5.69 Å². The van der Waals surface area contributed by atoms with Crippen molar-refractivity contribution >= 4 is 11.8 Å². The molecule has 1 saturated carbocycles. The van der Waals surface area contributed by atoms with Crippen molar-refractivity contribution in [3.05, 3.63) is 17.5 Å². The monoisotopic (exact) mass is 346 g/mol. The Hall–Kier alpha value is -1.89. The fraction of sp³-hybridized carbons (Fsp3) is 0.722. The molecule has 0 radical (unpaired) electrons. The van der Waals surface area contributed by atoms with Crippen LogP contribution < -0.4 is 0 Å². The molecule has 4 rings (SSSR count). The Labute approximate surface area is 147 Å². The predicted octanol–water partition coefficient (Wildman–Crippen LogP) is 1.18. The summed E-state index contributed by atoms with van der Waals surface area (Å²) in [5.41, 5.74) is 0.384. The van der Waals surface area contributed by atoms with Crippen molar-refractivity contribution in [2.45, 2.75) is 31.6 Å². The summed E-state index contributed by atoms with van der Waals surface area (Å²) in [6.45, 7) is 4.60. The molecule has 2 aliphatic heterocycles. The Morgan fingerprint density at radius 3 is 2.56 bits per heavy atom. The summed E-state index contributed by atoms with van der Waals surface area (Å²) < 4.78 is 5.30. The first-order valence-electron chi connectivity index (χ1n) is 9.35. The van der Waals surface area contributed by atoms with Gasteiger partial charge in [-0.25, -0.2) is 0 Å². The molecule has 1 aliphatic carbocycles. The molecule has 1 aromatic heterocycles. The third-order valence-corrected chi connectivity index (χ3v) is 5.60. The van der Waals surface area contributed by atoms with Crippen LogP contribution in [0.3, 0.4) is 0 Å². The van der Waals surface area contributed by atoms with Crippen molar-refractivity contribution in [3.63, 3.8) is 0 Å². The van der Waals surface area contributed by atoms with Gasteiger partial charge in [0.25, 0.3) is 5.91 Å². The molecular weight excluding hydrogens is 320 g/mol. The van der Waals surface area contributed by atoms with Gasteiger partial charge in [-0.3, -0.25) is 9.59 Å². The molecule has 7 nitrogen and oxygen atoms in total. The molecule has 0 unspecified atom stereocenters. The van der Waals surface area contributed by atoms with Crippen LogP contribution in [-0.4, -0.2) is 78.0 Å². The number of hydrogen-bond donors (Lipinski definition) is 0. The minimum absolute atomic E-state index is 0.0871. The van der Waals surface area contributed by atoms with Gasteiger partial charge in [-0.1, -0.05) is 5.16 Å². The van der Waals surface area contributed by atoms with Gasteiger partial charge >= 0.3 is 0 Å². The van der Waals surface area contributed by atoms with Crippen molar-refractivity contribution in [1.82, 2.24) is 19.9 Å². The van der Waals surface area contributed by atoms with E-state index in [0.717, 1.165) is 57.6 Å². The Bertz CT molecular complexity index is 647. The highest BCUT2D eigenvalue weighted by Gasteiger charge is 2.34. The summed E-state index contributed by atoms with van der Waals surface area (Å²) >= 11 is 0. The molecular formula is C18H26N4O3. The van der Waals surface area contributed by atoms with E-state index in [-0.39, 0.29) is 17.7 Å². The van der Waals surface area contributed by atoms with Gasteiger partial charge in [-0.2, -0.15) is 0 Å². The second-order valence-electron chi connectivity index (χ2n) is 7.61. The predicted molar refractivity (Wildman–Crippen MR) is 91.2 cm³/mol. The van der Waals surface area contributed by atoms with Gasteiger partial charge in [-0.05, 0) is 32.7 Å². The molecule has 1 aromatic rings. The minimum atomic E-state index is -0.105. The second kappa shape index (κ2) is 6.78. The number of hydrogen-bond acceptors (Lipinski definition) is 5. The van der Waals surface area contributed by atoms with Crippen molar-refractivity contribution in [2.75, 3.05) is 46.3 Å². The quantitative estimate of drug-likeness (QED) is 0.822. The smallest absolute Gasteiger partial charge is 0.276 e. The summed E-state index contributed by atoms with van der Waals surface area (Å²) in [6.07, 6.45) is 3.96. The van der Waals surface area contributed by atoms with Crippen LogP contribution >= 0.6 is 0 Å². The Balaban J connectivity index is 1.38. The maximum Gasteiger partial charge on any atom is 0.276 e. The molecule has 3 aliphatic rings. The molecule has 0 aromatic carbocycles. The molecule has 2 amide bonds. The van der Waals surface area contributed by atoms with Crippen molar-refractivity contribution in [3.8, 4) is 0 Å². The highest BCUT2D eigenvalue weighted by Crippen LogP contribution is 2.40. The van der Waals surface area contributed by atoms with Gasteiger partial charge in [0.05, 0.1) is 5.92 Å². The number of aromatic nitrogens is 1. The molecule has 1 atom stereocenters. The van der Waals surface area contributed by atoms with E-state index < -0.39 is 0 Å². The fourth-order valence-corrected chi connectivity index (χ4v) is 3.76. The molecule has 3 heterocycles. The summed E-state index contributed by atoms with van der Waals surface area (Å²) in [7, 11) is 2.08.